The first-order chi connectivity index (χ1) is 15.3. The highest BCUT2D eigenvalue weighted by atomic mass is 19.1. The van der Waals surface area contributed by atoms with Crippen LogP contribution in [0.1, 0.15) is 48.0 Å². The van der Waals surface area contributed by atoms with Crippen LogP contribution >= 0.6 is 0 Å². The number of nitrogens with one attached hydrogen (secondary N) is 2. The van der Waals surface area contributed by atoms with Crippen LogP contribution in [-0.2, 0) is 20.8 Å². The zero-order valence-electron chi connectivity index (χ0n) is 18.2. The number of hydrogen-bond donors (Lipinski definition) is 2. The van der Waals surface area contributed by atoms with Crippen LogP contribution in [0.25, 0.3) is 0 Å². The van der Waals surface area contributed by atoms with E-state index in [4.69, 9.17) is 0 Å². The lowest BCUT2D eigenvalue weighted by Gasteiger charge is -2.20. The van der Waals surface area contributed by atoms with Gasteiger partial charge in [-0.1, -0.05) is 0 Å². The molecule has 2 atom stereocenters. The third-order valence-corrected chi connectivity index (χ3v) is 6.06. The normalized spacial score (nSPS) is 20.3. The molecule has 8 nitrogen and oxygen atoms in total. The Morgan fingerprint density at radius 1 is 1.16 bits per heavy atom. The molecule has 4 rings (SSSR count). The molecule has 0 saturated carbocycles. The van der Waals surface area contributed by atoms with E-state index in [1.54, 1.807) is 4.90 Å². The average Bonchev–Trinajstić information content (AvgIpc) is 3.41. The van der Waals surface area contributed by atoms with Gasteiger partial charge in [0.25, 0.3) is 0 Å². The smallest absolute Gasteiger partial charge is 0.245 e. The topological polar surface area (TPSA) is 104 Å². The quantitative estimate of drug-likeness (QED) is 0.742. The van der Waals surface area contributed by atoms with Crippen LogP contribution in [0.15, 0.2) is 24.3 Å². The number of hydrogen-bond acceptors (Lipinski definition) is 5. The molecule has 2 fully saturated rings. The van der Waals surface area contributed by atoms with E-state index in [-0.39, 0.29) is 35.9 Å². The number of anilines is 1. The van der Waals surface area contributed by atoms with Gasteiger partial charge in [0.2, 0.25) is 17.7 Å². The van der Waals surface area contributed by atoms with Crippen molar-refractivity contribution < 1.29 is 18.8 Å². The number of benzene rings is 1. The van der Waals surface area contributed by atoms with Crippen LogP contribution in [0.3, 0.4) is 0 Å². The molecule has 2 saturated heterocycles. The summed E-state index contributed by atoms with van der Waals surface area (Å²) in [7, 11) is 0. The highest BCUT2D eigenvalue weighted by Gasteiger charge is 2.36. The van der Waals surface area contributed by atoms with Crippen molar-refractivity contribution in [1.29, 1.82) is 0 Å². The average molecular weight is 439 g/mol. The van der Waals surface area contributed by atoms with Crippen LogP contribution in [-0.4, -0.2) is 51.7 Å². The molecule has 9 heteroatoms. The first-order valence-electron chi connectivity index (χ1n) is 10.8. The van der Waals surface area contributed by atoms with Crippen molar-refractivity contribution in [3.63, 3.8) is 0 Å². The Labute approximate surface area is 185 Å². The Bertz CT molecular complexity index is 1030. The Hall–Kier alpha value is -3.36. The minimum absolute atomic E-state index is 0.0237. The monoisotopic (exact) mass is 439 g/mol. The summed E-state index contributed by atoms with van der Waals surface area (Å²) in [5.74, 6) is -0.00753. The van der Waals surface area contributed by atoms with Gasteiger partial charge < -0.3 is 15.5 Å². The summed E-state index contributed by atoms with van der Waals surface area (Å²) >= 11 is 0. The van der Waals surface area contributed by atoms with Gasteiger partial charge in [0, 0.05) is 48.1 Å². The number of nitrogens with zero attached hydrogens (tertiary/aromatic N) is 3. The molecule has 2 aliphatic rings. The Morgan fingerprint density at radius 2 is 1.84 bits per heavy atom. The molecule has 2 unspecified atom stereocenters. The Kier molecular flexibility index (Phi) is 6.16. The molecule has 1 aromatic heterocycles. The zero-order valence-corrected chi connectivity index (χ0v) is 18.2. The van der Waals surface area contributed by atoms with E-state index in [1.165, 1.54) is 24.3 Å². The lowest BCUT2D eigenvalue weighted by Crippen LogP contribution is -2.43. The van der Waals surface area contributed by atoms with Gasteiger partial charge >= 0.3 is 0 Å². The predicted octanol–water partition coefficient (Wildman–Crippen LogP) is 2.01. The predicted molar refractivity (Wildman–Crippen MR) is 115 cm³/mol. The molecular weight excluding hydrogens is 413 g/mol. The summed E-state index contributed by atoms with van der Waals surface area (Å²) in [4.78, 5) is 47.6. The molecule has 3 heterocycles. The molecular formula is C23H26FN5O3. The second-order valence-corrected chi connectivity index (χ2v) is 8.39. The lowest BCUT2D eigenvalue weighted by molar-refractivity contribution is -0.133. The molecule has 32 heavy (non-hydrogen) atoms. The standard InChI is InChI=1S/C23H26FN5O3/c1-13-18(11-21(31)27-17-5-3-16(24)4-6-17)14(2)26-22(25-13)15-9-10-29(12-15)23(32)19-7-8-20(30)28-19/h3-6,15,19H,7-12H2,1-2H3,(H,27,31)(H,28,30). The number of amides is 3. The number of halogens is 1. The van der Waals surface area contributed by atoms with Crippen molar-refractivity contribution >= 4 is 23.4 Å². The van der Waals surface area contributed by atoms with E-state index in [9.17, 15) is 18.8 Å². The Morgan fingerprint density at radius 3 is 2.47 bits per heavy atom. The molecule has 0 bridgehead atoms. The minimum atomic E-state index is -0.423. The van der Waals surface area contributed by atoms with Gasteiger partial charge in [-0.25, -0.2) is 14.4 Å². The van der Waals surface area contributed by atoms with Gasteiger partial charge in [-0.05, 0) is 51.0 Å². The number of likely N-dealkylation sites (tertiary alicyclic amines) is 1. The third-order valence-electron chi connectivity index (χ3n) is 6.06. The highest BCUT2D eigenvalue weighted by Crippen LogP contribution is 2.27. The van der Waals surface area contributed by atoms with Gasteiger partial charge in [0.15, 0.2) is 0 Å². The molecule has 2 aliphatic heterocycles. The van der Waals surface area contributed by atoms with Crippen molar-refractivity contribution in [1.82, 2.24) is 20.2 Å². The van der Waals surface area contributed by atoms with Gasteiger partial charge in [0.1, 0.15) is 17.7 Å². The molecule has 3 amide bonds. The number of aromatic nitrogens is 2. The van der Waals surface area contributed by atoms with Crippen LogP contribution in [0.5, 0.6) is 0 Å². The molecule has 1 aromatic carbocycles. The van der Waals surface area contributed by atoms with Crippen molar-refractivity contribution in [2.75, 3.05) is 18.4 Å². The van der Waals surface area contributed by atoms with E-state index >= 15 is 0 Å². The van der Waals surface area contributed by atoms with Gasteiger partial charge in [-0.2, -0.15) is 0 Å². The van der Waals surface area contributed by atoms with Crippen molar-refractivity contribution in [2.24, 2.45) is 0 Å². The SMILES string of the molecule is Cc1nc(C2CCN(C(=O)C3CCC(=O)N3)C2)nc(C)c1CC(=O)Nc1ccc(F)cc1. The van der Waals surface area contributed by atoms with E-state index in [0.29, 0.717) is 37.4 Å². The summed E-state index contributed by atoms with van der Waals surface area (Å²) in [6.45, 7) is 4.84. The van der Waals surface area contributed by atoms with E-state index in [2.05, 4.69) is 20.6 Å². The van der Waals surface area contributed by atoms with Crippen LogP contribution in [0.4, 0.5) is 10.1 Å². The van der Waals surface area contributed by atoms with Crippen molar-refractivity contribution in [3.8, 4) is 0 Å². The van der Waals surface area contributed by atoms with Crippen LogP contribution in [0, 0.1) is 19.7 Å². The summed E-state index contributed by atoms with van der Waals surface area (Å²) < 4.78 is 13.0. The van der Waals surface area contributed by atoms with Crippen molar-refractivity contribution in [2.45, 2.75) is 51.5 Å². The fraction of sp³-hybridized carbons (Fsp3) is 0.435. The molecule has 0 spiro atoms. The fourth-order valence-corrected chi connectivity index (χ4v) is 4.29. The maximum Gasteiger partial charge on any atom is 0.245 e. The molecule has 0 aliphatic carbocycles. The lowest BCUT2D eigenvalue weighted by atomic mass is 10.0. The fourth-order valence-electron chi connectivity index (χ4n) is 4.29. The number of rotatable bonds is 5. The van der Waals surface area contributed by atoms with Gasteiger partial charge in [-0.15, -0.1) is 0 Å². The highest BCUT2D eigenvalue weighted by molar-refractivity contribution is 5.92. The zero-order chi connectivity index (χ0) is 22.8. The molecule has 2 aromatic rings. The first-order valence-corrected chi connectivity index (χ1v) is 10.8. The summed E-state index contributed by atoms with van der Waals surface area (Å²) in [6.07, 6.45) is 1.81. The second kappa shape index (κ2) is 9.02. The first kappa shape index (κ1) is 21.9. The number of aryl methyl sites for hydroxylation is 2. The summed E-state index contributed by atoms with van der Waals surface area (Å²) in [5, 5.41) is 5.49. The maximum atomic E-state index is 13.0. The van der Waals surface area contributed by atoms with Crippen molar-refractivity contribution in [3.05, 3.63) is 52.9 Å². The van der Waals surface area contributed by atoms with E-state index in [0.717, 1.165) is 23.4 Å². The van der Waals surface area contributed by atoms with Crippen LogP contribution < -0.4 is 10.6 Å². The number of carbonyl (C=O) groups is 3. The summed E-state index contributed by atoms with van der Waals surface area (Å²) in [6, 6.07) is 5.18. The third kappa shape index (κ3) is 4.76. The van der Waals surface area contributed by atoms with E-state index < -0.39 is 6.04 Å². The largest absolute Gasteiger partial charge is 0.344 e. The van der Waals surface area contributed by atoms with E-state index in [1.807, 2.05) is 13.8 Å². The Balaban J connectivity index is 1.40. The van der Waals surface area contributed by atoms with Gasteiger partial charge in [0.05, 0.1) is 6.42 Å². The molecule has 0 radical (unpaired) electrons. The van der Waals surface area contributed by atoms with Gasteiger partial charge in [-0.3, -0.25) is 14.4 Å². The van der Waals surface area contributed by atoms with Crippen LogP contribution in [0.2, 0.25) is 0 Å². The number of carbonyl (C=O) groups excluding carboxylic acids is 3. The minimum Gasteiger partial charge on any atom is -0.344 e. The second-order valence-electron chi connectivity index (χ2n) is 8.39. The molecule has 2 N–H and O–H groups in total. The summed E-state index contributed by atoms with van der Waals surface area (Å²) in [5.41, 5.74) is 2.75. The maximum absolute atomic E-state index is 13.0. The molecule has 168 valence electrons.